The molecule has 1 N–H and O–H groups in total. The van der Waals surface area contributed by atoms with Crippen LogP contribution in [0.3, 0.4) is 0 Å². The van der Waals surface area contributed by atoms with Gasteiger partial charge in [0.15, 0.2) is 5.17 Å². The molecule has 2 unspecified atom stereocenters. The highest BCUT2D eigenvalue weighted by molar-refractivity contribution is 8.13. The van der Waals surface area contributed by atoms with E-state index in [1.807, 2.05) is 11.8 Å². The highest BCUT2D eigenvalue weighted by atomic mass is 32.2. The van der Waals surface area contributed by atoms with Crippen LogP contribution in [0.5, 0.6) is 0 Å². The summed E-state index contributed by atoms with van der Waals surface area (Å²) in [5, 5.41) is 4.59. The smallest absolute Gasteiger partial charge is 0.156 e. The van der Waals surface area contributed by atoms with Gasteiger partial charge in [-0.3, -0.25) is 4.99 Å². The lowest BCUT2D eigenvalue weighted by molar-refractivity contribution is 0.649. The van der Waals surface area contributed by atoms with Crippen molar-refractivity contribution in [2.24, 2.45) is 10.9 Å². The van der Waals surface area contributed by atoms with E-state index in [-0.39, 0.29) is 0 Å². The van der Waals surface area contributed by atoms with Crippen LogP contribution in [0.4, 0.5) is 0 Å². The molecule has 2 rings (SSSR count). The van der Waals surface area contributed by atoms with E-state index in [0.29, 0.717) is 5.92 Å². The Morgan fingerprint density at radius 2 is 2.17 bits per heavy atom. The zero-order chi connectivity index (χ0) is 12.8. The topological polar surface area (TPSA) is 24.4 Å². The van der Waals surface area contributed by atoms with Crippen LogP contribution in [0.15, 0.2) is 35.3 Å². The number of thioether (sulfide) groups is 1. The van der Waals surface area contributed by atoms with E-state index in [2.05, 4.69) is 54.5 Å². The van der Waals surface area contributed by atoms with Crippen LogP contribution in [0.1, 0.15) is 31.7 Å². The van der Waals surface area contributed by atoms with Gasteiger partial charge >= 0.3 is 0 Å². The van der Waals surface area contributed by atoms with Crippen molar-refractivity contribution in [3.05, 3.63) is 35.9 Å². The molecular formula is C15H22N2S. The fourth-order valence-electron chi connectivity index (χ4n) is 2.01. The third-order valence-corrected chi connectivity index (χ3v) is 4.56. The lowest BCUT2D eigenvalue weighted by Crippen LogP contribution is -2.27. The van der Waals surface area contributed by atoms with Crippen LogP contribution in [-0.2, 0) is 0 Å². The van der Waals surface area contributed by atoms with Gasteiger partial charge in [-0.05, 0) is 23.8 Å². The maximum absolute atomic E-state index is 4.55. The van der Waals surface area contributed by atoms with Gasteiger partial charge in [0, 0.05) is 18.8 Å². The lowest BCUT2D eigenvalue weighted by Gasteiger charge is -2.19. The number of hydrogen-bond acceptors (Lipinski definition) is 3. The number of nitrogens with zero attached hydrogens (tertiary/aromatic N) is 1. The third kappa shape index (κ3) is 4.05. The van der Waals surface area contributed by atoms with Crippen LogP contribution < -0.4 is 5.32 Å². The summed E-state index contributed by atoms with van der Waals surface area (Å²) in [6.07, 6.45) is 1.15. The molecule has 0 bridgehead atoms. The van der Waals surface area contributed by atoms with Gasteiger partial charge in [-0.1, -0.05) is 55.9 Å². The first-order chi connectivity index (χ1) is 8.75. The Labute approximate surface area is 114 Å². The van der Waals surface area contributed by atoms with Gasteiger partial charge in [-0.25, -0.2) is 0 Å². The monoisotopic (exact) mass is 262 g/mol. The molecule has 1 aliphatic rings. The molecule has 98 valence electrons. The molecule has 1 aromatic rings. The minimum Gasteiger partial charge on any atom is -0.365 e. The molecule has 0 spiro atoms. The summed E-state index contributed by atoms with van der Waals surface area (Å²) < 4.78 is 0. The van der Waals surface area contributed by atoms with Crippen molar-refractivity contribution in [1.29, 1.82) is 0 Å². The fourth-order valence-corrected chi connectivity index (χ4v) is 2.93. The lowest BCUT2D eigenvalue weighted by atomic mass is 9.98. The first-order valence-corrected chi connectivity index (χ1v) is 7.70. The van der Waals surface area contributed by atoms with Gasteiger partial charge in [0.1, 0.15) is 0 Å². The Bertz CT molecular complexity index is 389. The normalized spacial score (nSPS) is 21.2. The molecule has 0 amide bonds. The van der Waals surface area contributed by atoms with Gasteiger partial charge in [0.2, 0.25) is 0 Å². The Balaban J connectivity index is 1.72. The number of nitrogens with one attached hydrogen (secondary N) is 1. The molecule has 0 saturated carbocycles. The van der Waals surface area contributed by atoms with Crippen molar-refractivity contribution in [3.8, 4) is 0 Å². The minimum atomic E-state index is 0.604. The van der Waals surface area contributed by atoms with Gasteiger partial charge in [-0.15, -0.1) is 0 Å². The average molecular weight is 262 g/mol. The van der Waals surface area contributed by atoms with Crippen molar-refractivity contribution < 1.29 is 0 Å². The second kappa shape index (κ2) is 6.83. The van der Waals surface area contributed by atoms with Crippen LogP contribution >= 0.6 is 11.8 Å². The van der Waals surface area contributed by atoms with Crippen molar-refractivity contribution in [2.75, 3.05) is 18.8 Å². The first-order valence-electron chi connectivity index (χ1n) is 6.71. The molecule has 0 saturated heterocycles. The quantitative estimate of drug-likeness (QED) is 0.898. The van der Waals surface area contributed by atoms with Gasteiger partial charge < -0.3 is 5.32 Å². The highest BCUT2D eigenvalue weighted by Gasteiger charge is 2.12. The number of hydrogen-bond donors (Lipinski definition) is 1. The van der Waals surface area contributed by atoms with Crippen molar-refractivity contribution in [1.82, 2.24) is 5.32 Å². The van der Waals surface area contributed by atoms with E-state index < -0.39 is 0 Å². The predicted molar refractivity (Wildman–Crippen MR) is 81.4 cm³/mol. The molecule has 2 nitrogen and oxygen atoms in total. The molecule has 1 aromatic carbocycles. The van der Waals surface area contributed by atoms with E-state index in [4.69, 9.17) is 0 Å². The summed E-state index contributed by atoms with van der Waals surface area (Å²) >= 11 is 1.86. The molecule has 0 fully saturated rings. The number of benzene rings is 1. The van der Waals surface area contributed by atoms with E-state index >= 15 is 0 Å². The van der Waals surface area contributed by atoms with Crippen molar-refractivity contribution >= 4 is 16.9 Å². The minimum absolute atomic E-state index is 0.604. The summed E-state index contributed by atoms with van der Waals surface area (Å²) in [7, 11) is 0. The largest absolute Gasteiger partial charge is 0.365 e. The molecular weight excluding hydrogens is 240 g/mol. The molecule has 0 radical (unpaired) electrons. The van der Waals surface area contributed by atoms with Crippen molar-refractivity contribution in [3.63, 3.8) is 0 Å². The van der Waals surface area contributed by atoms with Crippen LogP contribution in [0.2, 0.25) is 0 Å². The third-order valence-electron chi connectivity index (χ3n) is 3.27. The Kier molecular flexibility index (Phi) is 5.12. The van der Waals surface area contributed by atoms with Gasteiger partial charge in [0.25, 0.3) is 0 Å². The summed E-state index contributed by atoms with van der Waals surface area (Å²) in [5.41, 5.74) is 1.42. The number of aliphatic imine (C=N–C) groups is 1. The summed E-state index contributed by atoms with van der Waals surface area (Å²) in [5.74, 6) is 2.52. The summed E-state index contributed by atoms with van der Waals surface area (Å²) in [6, 6.07) is 10.7. The molecule has 0 aliphatic carbocycles. The van der Waals surface area contributed by atoms with E-state index in [0.717, 1.165) is 30.6 Å². The Morgan fingerprint density at radius 1 is 1.39 bits per heavy atom. The van der Waals surface area contributed by atoms with Crippen LogP contribution in [0.25, 0.3) is 0 Å². The van der Waals surface area contributed by atoms with E-state index in [9.17, 15) is 0 Å². The maximum atomic E-state index is 4.55. The molecule has 3 heteroatoms. The van der Waals surface area contributed by atoms with Gasteiger partial charge in [0.05, 0.1) is 0 Å². The zero-order valence-corrected chi connectivity index (χ0v) is 12.0. The fraction of sp³-hybridized carbons (Fsp3) is 0.533. The molecule has 0 aromatic heterocycles. The summed E-state index contributed by atoms with van der Waals surface area (Å²) in [6.45, 7) is 6.53. The molecule has 18 heavy (non-hydrogen) atoms. The Morgan fingerprint density at radius 3 is 2.83 bits per heavy atom. The standard InChI is InChI=1S/C15H22N2S/c1-12-10-17-15(18-11-12)16-9-8-13(2)14-6-4-3-5-7-14/h3-7,12-13H,8-11H2,1-2H3,(H,16,17). The van der Waals surface area contributed by atoms with E-state index in [1.165, 1.54) is 11.3 Å². The Hall–Kier alpha value is -0.960. The summed E-state index contributed by atoms with van der Waals surface area (Å²) in [4.78, 5) is 4.55. The average Bonchev–Trinajstić information content (AvgIpc) is 2.42. The second-order valence-corrected chi connectivity index (χ2v) is 6.10. The maximum Gasteiger partial charge on any atom is 0.156 e. The predicted octanol–water partition coefficient (Wildman–Crippen LogP) is 3.51. The SMILES string of the molecule is CC1CN=C(NCCC(C)c2ccccc2)SC1. The second-order valence-electron chi connectivity index (χ2n) is 5.09. The molecule has 1 heterocycles. The highest BCUT2D eigenvalue weighted by Crippen LogP contribution is 2.19. The molecule has 1 aliphatic heterocycles. The molecule has 2 atom stereocenters. The zero-order valence-electron chi connectivity index (χ0n) is 11.2. The van der Waals surface area contributed by atoms with E-state index in [1.54, 1.807) is 0 Å². The first kappa shape index (κ1) is 13.5. The number of rotatable bonds is 4. The van der Waals surface area contributed by atoms with Crippen LogP contribution in [0, 0.1) is 5.92 Å². The number of amidine groups is 1. The van der Waals surface area contributed by atoms with Crippen LogP contribution in [-0.4, -0.2) is 24.0 Å². The van der Waals surface area contributed by atoms with Crippen molar-refractivity contribution in [2.45, 2.75) is 26.2 Å². The van der Waals surface area contributed by atoms with Gasteiger partial charge in [-0.2, -0.15) is 0 Å².